The zero-order valence-corrected chi connectivity index (χ0v) is 20.9. The number of aromatic nitrogens is 1. The fourth-order valence-electron chi connectivity index (χ4n) is 6.49. The first-order valence-corrected chi connectivity index (χ1v) is 12.7. The van der Waals surface area contributed by atoms with Crippen LogP contribution in [-0.2, 0) is 6.42 Å². The van der Waals surface area contributed by atoms with Crippen LogP contribution in [0.1, 0.15) is 31.0 Å². The number of hydrogen-bond acceptors (Lipinski definition) is 6. The van der Waals surface area contributed by atoms with E-state index in [0.29, 0.717) is 47.5 Å². The maximum atomic E-state index is 15.8. The molecule has 2 saturated heterocycles. The SMILES string of the molecule is [2H]c1nc2ccc3c(c2o1)C[C@@H](C)N(CC(F)(F)CO)[C@@H]3c1c(F)cc(N2CC3(CN(CCF)C3)C2)cc1F. The van der Waals surface area contributed by atoms with E-state index in [-0.39, 0.29) is 23.8 Å². The van der Waals surface area contributed by atoms with Crippen molar-refractivity contribution in [3.63, 3.8) is 0 Å². The molecule has 0 aliphatic carbocycles. The highest BCUT2D eigenvalue weighted by atomic mass is 19.3. The number of aliphatic hydroxyl groups excluding tert-OH is 1. The van der Waals surface area contributed by atoms with Crippen LogP contribution in [0.15, 0.2) is 35.1 Å². The summed E-state index contributed by atoms with van der Waals surface area (Å²) in [6.45, 7) is 2.05. The van der Waals surface area contributed by atoms with E-state index in [4.69, 9.17) is 5.79 Å². The van der Waals surface area contributed by atoms with Crippen molar-refractivity contribution in [2.75, 3.05) is 57.4 Å². The van der Waals surface area contributed by atoms with Crippen molar-refractivity contribution in [1.29, 1.82) is 0 Å². The lowest BCUT2D eigenvalue weighted by molar-refractivity contribution is -0.0866. The van der Waals surface area contributed by atoms with Gasteiger partial charge in [0.1, 0.15) is 31.8 Å². The number of anilines is 1. The van der Waals surface area contributed by atoms with Gasteiger partial charge in [0.15, 0.2) is 12.0 Å². The maximum absolute atomic E-state index is 15.8. The van der Waals surface area contributed by atoms with Crippen LogP contribution in [0, 0.1) is 17.0 Å². The molecule has 0 saturated carbocycles. The van der Waals surface area contributed by atoms with Crippen molar-refractivity contribution >= 4 is 16.8 Å². The van der Waals surface area contributed by atoms with E-state index in [2.05, 4.69) is 4.98 Å². The lowest BCUT2D eigenvalue weighted by Crippen LogP contribution is -2.72. The lowest BCUT2D eigenvalue weighted by atomic mass is 9.72. The van der Waals surface area contributed by atoms with Crippen LogP contribution in [0.4, 0.5) is 27.6 Å². The van der Waals surface area contributed by atoms with Gasteiger partial charge in [0.2, 0.25) is 0 Å². The number of hydrogen-bond donors (Lipinski definition) is 1. The van der Waals surface area contributed by atoms with Crippen molar-refractivity contribution in [1.82, 2.24) is 14.8 Å². The van der Waals surface area contributed by atoms with Crippen LogP contribution in [0.2, 0.25) is 0 Å². The number of halogens is 5. The molecule has 6 rings (SSSR count). The standard InChI is InChI=1S/C27H29F5N4O2/c1-16-6-19-18(2-3-22-25(19)38-15-33-22)24(36(16)13-27(31,32)14-37)23-20(29)7-17(8-21(23)30)35-11-26(12-35)9-34(10-26)5-4-28/h2-3,7-8,15-16,24,37H,4-6,9-14H2,1H3/t16-,24+/m1/s1/i15D. The van der Waals surface area contributed by atoms with Crippen molar-refractivity contribution < 1.29 is 32.8 Å². The summed E-state index contributed by atoms with van der Waals surface area (Å²) >= 11 is 0. The van der Waals surface area contributed by atoms with Crippen molar-refractivity contribution in [3.8, 4) is 0 Å². The highest BCUT2D eigenvalue weighted by molar-refractivity contribution is 5.78. The number of aliphatic hydroxyl groups is 1. The number of fused-ring (bicyclic) bond motifs is 3. The first kappa shape index (κ1) is 24.3. The summed E-state index contributed by atoms with van der Waals surface area (Å²) in [6.07, 6.45) is -0.0826. The molecule has 3 aromatic rings. The molecular weight excluding hydrogens is 507 g/mol. The quantitative estimate of drug-likeness (QED) is 0.457. The molecule has 6 nitrogen and oxygen atoms in total. The molecule has 1 spiro atoms. The number of benzene rings is 2. The summed E-state index contributed by atoms with van der Waals surface area (Å²) in [5.74, 6) is -5.22. The summed E-state index contributed by atoms with van der Waals surface area (Å²) in [4.78, 5) is 9.21. The summed E-state index contributed by atoms with van der Waals surface area (Å²) in [5.41, 5.74) is 1.67. The Morgan fingerprint density at radius 3 is 2.55 bits per heavy atom. The number of rotatable bonds is 7. The van der Waals surface area contributed by atoms with Gasteiger partial charge < -0.3 is 14.4 Å². The summed E-state index contributed by atoms with van der Waals surface area (Å²) in [7, 11) is 0. The Morgan fingerprint density at radius 1 is 1.18 bits per heavy atom. The van der Waals surface area contributed by atoms with Gasteiger partial charge in [-0.05, 0) is 37.1 Å². The summed E-state index contributed by atoms with van der Waals surface area (Å²) in [6, 6.07) is 3.80. The van der Waals surface area contributed by atoms with Crippen LogP contribution in [0.5, 0.6) is 0 Å². The third-order valence-corrected chi connectivity index (χ3v) is 8.20. The highest BCUT2D eigenvalue weighted by Crippen LogP contribution is 2.46. The van der Waals surface area contributed by atoms with Crippen LogP contribution in [0.25, 0.3) is 11.1 Å². The zero-order valence-electron chi connectivity index (χ0n) is 21.9. The Hall–Kier alpha value is -2.76. The third-order valence-electron chi connectivity index (χ3n) is 8.20. The molecule has 3 aliphatic rings. The Morgan fingerprint density at radius 2 is 1.89 bits per heavy atom. The monoisotopic (exact) mass is 537 g/mol. The van der Waals surface area contributed by atoms with Gasteiger partial charge in [-0.1, -0.05) is 6.07 Å². The molecule has 2 atom stereocenters. The van der Waals surface area contributed by atoms with E-state index in [1.54, 1.807) is 19.1 Å². The first-order valence-electron chi connectivity index (χ1n) is 13.2. The van der Waals surface area contributed by atoms with Gasteiger partial charge in [0, 0.05) is 61.0 Å². The molecule has 2 aromatic carbocycles. The summed E-state index contributed by atoms with van der Waals surface area (Å²) in [5, 5.41) is 9.27. The highest BCUT2D eigenvalue weighted by Gasteiger charge is 2.51. The van der Waals surface area contributed by atoms with Crippen LogP contribution >= 0.6 is 0 Å². The van der Waals surface area contributed by atoms with E-state index in [9.17, 15) is 18.3 Å². The van der Waals surface area contributed by atoms with Crippen LogP contribution in [0.3, 0.4) is 0 Å². The van der Waals surface area contributed by atoms with Gasteiger partial charge in [-0.2, -0.15) is 0 Å². The second kappa shape index (κ2) is 9.17. The average molecular weight is 538 g/mol. The Balaban J connectivity index is 1.37. The van der Waals surface area contributed by atoms with Crippen molar-refractivity contribution in [2.24, 2.45) is 5.41 Å². The smallest absolute Gasteiger partial charge is 0.283 e. The fourth-order valence-corrected chi connectivity index (χ4v) is 6.49. The fraction of sp³-hybridized carbons (Fsp3) is 0.519. The minimum Gasteiger partial charge on any atom is -0.443 e. The number of likely N-dealkylation sites (tertiary alicyclic amines) is 1. The van der Waals surface area contributed by atoms with E-state index in [0.717, 1.165) is 13.1 Å². The topological polar surface area (TPSA) is 56.0 Å². The molecule has 38 heavy (non-hydrogen) atoms. The molecule has 2 fully saturated rings. The van der Waals surface area contributed by atoms with E-state index >= 15 is 8.78 Å². The normalized spacial score (nSPS) is 23.9. The predicted molar refractivity (Wildman–Crippen MR) is 131 cm³/mol. The number of alkyl halides is 3. The van der Waals surface area contributed by atoms with Gasteiger partial charge in [-0.3, -0.25) is 9.80 Å². The van der Waals surface area contributed by atoms with Crippen molar-refractivity contribution in [3.05, 3.63) is 59.0 Å². The zero-order chi connectivity index (χ0) is 27.7. The molecule has 4 heterocycles. The Kier molecular flexibility index (Phi) is 5.86. The van der Waals surface area contributed by atoms with Gasteiger partial charge in [-0.15, -0.1) is 0 Å². The van der Waals surface area contributed by atoms with Gasteiger partial charge in [-0.25, -0.2) is 26.9 Å². The molecule has 11 heteroatoms. The second-order valence-corrected chi connectivity index (χ2v) is 11.0. The molecule has 0 unspecified atom stereocenters. The van der Waals surface area contributed by atoms with Gasteiger partial charge >= 0.3 is 0 Å². The Labute approximate surface area is 218 Å². The van der Waals surface area contributed by atoms with Gasteiger partial charge in [0.05, 0.1) is 12.6 Å². The third kappa shape index (κ3) is 4.15. The molecule has 0 radical (unpaired) electrons. The van der Waals surface area contributed by atoms with Gasteiger partial charge in [0.25, 0.3) is 5.92 Å². The molecule has 0 amide bonds. The maximum Gasteiger partial charge on any atom is 0.283 e. The number of oxazole rings is 1. The van der Waals surface area contributed by atoms with E-state index in [1.165, 1.54) is 17.0 Å². The number of nitrogens with zero attached hydrogens (tertiary/aromatic N) is 4. The molecule has 1 aromatic heterocycles. The molecular formula is C27H29F5N4O2. The molecule has 3 aliphatic heterocycles. The summed E-state index contributed by atoms with van der Waals surface area (Å²) < 4.78 is 86.5. The Bertz CT molecular complexity index is 1380. The molecule has 1 N–H and O–H groups in total. The van der Waals surface area contributed by atoms with E-state index in [1.807, 2.05) is 9.80 Å². The lowest BCUT2D eigenvalue weighted by Gasteiger charge is -2.61. The molecule has 0 bridgehead atoms. The van der Waals surface area contributed by atoms with Crippen molar-refractivity contribution in [2.45, 2.75) is 31.4 Å². The predicted octanol–water partition coefficient (Wildman–Crippen LogP) is 4.16. The first-order chi connectivity index (χ1) is 18.5. The van der Waals surface area contributed by atoms with Crippen LogP contribution < -0.4 is 4.90 Å². The second-order valence-electron chi connectivity index (χ2n) is 11.0. The minimum absolute atomic E-state index is 0.00433. The van der Waals surface area contributed by atoms with E-state index < -0.39 is 49.5 Å². The average Bonchev–Trinajstić information content (AvgIpc) is 3.21. The minimum atomic E-state index is -3.49. The van der Waals surface area contributed by atoms with Crippen LogP contribution in [-0.4, -0.2) is 84.4 Å². The largest absolute Gasteiger partial charge is 0.443 e. The molecule has 204 valence electrons.